The minimum Gasteiger partial charge on any atom is -0.349 e. The molecular formula is C22H24Cl2N2O2. The predicted molar refractivity (Wildman–Crippen MR) is 112 cm³/mol. The van der Waals surface area contributed by atoms with Gasteiger partial charge in [0.15, 0.2) is 0 Å². The monoisotopic (exact) mass is 418 g/mol. The second kappa shape index (κ2) is 9.44. The average Bonchev–Trinajstić information content (AvgIpc) is 2.68. The zero-order chi connectivity index (χ0) is 20.1. The molecule has 4 nitrogen and oxygen atoms in total. The first-order valence-corrected chi connectivity index (χ1v) is 10.3. The molecule has 6 heteroatoms. The van der Waals surface area contributed by atoms with Gasteiger partial charge in [0.05, 0.1) is 18.4 Å². The minimum absolute atomic E-state index is 0.0456. The lowest BCUT2D eigenvalue weighted by atomic mass is 9.95. The molecule has 0 bridgehead atoms. The Hall–Kier alpha value is -2.04. The number of piperidine rings is 1. The SMILES string of the molecule is CC(NC(=O)C1CCCN(C(=O)Cc2ccccc2)C1)c1ccc(Cl)cc1Cl. The van der Waals surface area contributed by atoms with Crippen LogP contribution in [0, 0.1) is 5.92 Å². The maximum absolute atomic E-state index is 12.8. The lowest BCUT2D eigenvalue weighted by Crippen LogP contribution is -2.46. The molecule has 3 rings (SSSR count). The summed E-state index contributed by atoms with van der Waals surface area (Å²) >= 11 is 12.2. The highest BCUT2D eigenvalue weighted by Crippen LogP contribution is 2.27. The van der Waals surface area contributed by atoms with Crippen LogP contribution < -0.4 is 5.32 Å². The van der Waals surface area contributed by atoms with Gasteiger partial charge in [-0.3, -0.25) is 9.59 Å². The standard InChI is InChI=1S/C22H24Cl2N2O2/c1-15(19-10-9-18(23)13-20(19)24)25-22(28)17-8-5-11-26(14-17)21(27)12-16-6-3-2-4-7-16/h2-4,6-7,9-10,13,15,17H,5,8,11-12,14H2,1H3,(H,25,28). The van der Waals surface area contributed by atoms with Gasteiger partial charge >= 0.3 is 0 Å². The Morgan fingerprint density at radius 2 is 1.93 bits per heavy atom. The summed E-state index contributed by atoms with van der Waals surface area (Å²) in [6.45, 7) is 3.06. The Kier molecular flexibility index (Phi) is 6.97. The molecule has 0 radical (unpaired) electrons. The van der Waals surface area contributed by atoms with Gasteiger partial charge in [0.2, 0.25) is 11.8 Å². The number of carbonyl (C=O) groups excluding carboxylic acids is 2. The van der Waals surface area contributed by atoms with Gasteiger partial charge in [-0.05, 0) is 43.0 Å². The van der Waals surface area contributed by atoms with Gasteiger partial charge in [0, 0.05) is 23.1 Å². The number of rotatable bonds is 5. The summed E-state index contributed by atoms with van der Waals surface area (Å²) in [6.07, 6.45) is 1.97. The second-order valence-corrected chi connectivity index (χ2v) is 8.08. The van der Waals surface area contributed by atoms with Crippen LogP contribution in [0.25, 0.3) is 0 Å². The molecule has 1 saturated heterocycles. The second-order valence-electron chi connectivity index (χ2n) is 7.24. The highest BCUT2D eigenvalue weighted by molar-refractivity contribution is 6.35. The van der Waals surface area contributed by atoms with Gasteiger partial charge in [-0.15, -0.1) is 0 Å². The van der Waals surface area contributed by atoms with Crippen LogP contribution in [0.2, 0.25) is 10.0 Å². The van der Waals surface area contributed by atoms with Crippen molar-refractivity contribution in [3.05, 3.63) is 69.7 Å². The van der Waals surface area contributed by atoms with Crippen molar-refractivity contribution < 1.29 is 9.59 Å². The van der Waals surface area contributed by atoms with E-state index in [2.05, 4.69) is 5.32 Å². The third-order valence-electron chi connectivity index (χ3n) is 5.13. The van der Waals surface area contributed by atoms with Crippen LogP contribution >= 0.6 is 23.2 Å². The summed E-state index contributed by atoms with van der Waals surface area (Å²) < 4.78 is 0. The molecule has 2 aromatic carbocycles. The third kappa shape index (κ3) is 5.27. The van der Waals surface area contributed by atoms with Crippen LogP contribution in [0.5, 0.6) is 0 Å². The van der Waals surface area contributed by atoms with Crippen molar-refractivity contribution in [1.29, 1.82) is 0 Å². The van der Waals surface area contributed by atoms with Crippen LogP contribution in [0.1, 0.15) is 36.9 Å². The average molecular weight is 419 g/mol. The molecule has 2 amide bonds. The summed E-state index contributed by atoms with van der Waals surface area (Å²) in [7, 11) is 0. The molecule has 1 aliphatic rings. The topological polar surface area (TPSA) is 49.4 Å². The third-order valence-corrected chi connectivity index (χ3v) is 5.69. The Labute approximate surface area is 175 Å². The van der Waals surface area contributed by atoms with E-state index in [4.69, 9.17) is 23.2 Å². The Morgan fingerprint density at radius 3 is 2.64 bits per heavy atom. The van der Waals surface area contributed by atoms with Gasteiger partial charge in [0.25, 0.3) is 0 Å². The van der Waals surface area contributed by atoms with E-state index in [0.29, 0.717) is 29.6 Å². The van der Waals surface area contributed by atoms with E-state index in [1.54, 1.807) is 17.0 Å². The first-order chi connectivity index (χ1) is 13.4. The fourth-order valence-electron chi connectivity index (χ4n) is 3.56. The Morgan fingerprint density at radius 1 is 1.18 bits per heavy atom. The molecule has 1 fully saturated rings. The quantitative estimate of drug-likeness (QED) is 0.767. The van der Waals surface area contributed by atoms with Crippen molar-refractivity contribution in [2.24, 2.45) is 5.92 Å². The van der Waals surface area contributed by atoms with Crippen LogP contribution in [-0.2, 0) is 16.0 Å². The molecule has 2 unspecified atom stereocenters. The highest BCUT2D eigenvalue weighted by Gasteiger charge is 2.29. The van der Waals surface area contributed by atoms with Gasteiger partial charge in [-0.1, -0.05) is 59.6 Å². The normalized spacial score (nSPS) is 17.8. The minimum atomic E-state index is -0.229. The van der Waals surface area contributed by atoms with E-state index in [1.165, 1.54) is 0 Å². The molecule has 2 aromatic rings. The van der Waals surface area contributed by atoms with Crippen LogP contribution in [0.15, 0.2) is 48.5 Å². The van der Waals surface area contributed by atoms with Crippen molar-refractivity contribution >= 4 is 35.0 Å². The van der Waals surface area contributed by atoms with Gasteiger partial charge in [-0.2, -0.15) is 0 Å². The molecular weight excluding hydrogens is 395 g/mol. The number of nitrogens with zero attached hydrogens (tertiary/aromatic N) is 1. The van der Waals surface area contributed by atoms with Crippen molar-refractivity contribution in [2.75, 3.05) is 13.1 Å². The summed E-state index contributed by atoms with van der Waals surface area (Å²) in [5, 5.41) is 4.12. The molecule has 28 heavy (non-hydrogen) atoms. The smallest absolute Gasteiger partial charge is 0.227 e. The number of hydrogen-bond donors (Lipinski definition) is 1. The van der Waals surface area contributed by atoms with Crippen LogP contribution in [0.4, 0.5) is 0 Å². The van der Waals surface area contributed by atoms with Crippen LogP contribution in [-0.4, -0.2) is 29.8 Å². The first kappa shape index (κ1) is 20.7. The van der Waals surface area contributed by atoms with Crippen LogP contribution in [0.3, 0.4) is 0 Å². The van der Waals surface area contributed by atoms with E-state index >= 15 is 0 Å². The largest absolute Gasteiger partial charge is 0.349 e. The number of nitrogens with one attached hydrogen (secondary N) is 1. The number of halogens is 2. The highest BCUT2D eigenvalue weighted by atomic mass is 35.5. The van der Waals surface area contributed by atoms with E-state index < -0.39 is 0 Å². The molecule has 148 valence electrons. The van der Waals surface area contributed by atoms with Gasteiger partial charge in [0.1, 0.15) is 0 Å². The zero-order valence-electron chi connectivity index (χ0n) is 15.8. The van der Waals surface area contributed by atoms with E-state index in [9.17, 15) is 9.59 Å². The van der Waals surface area contributed by atoms with Crippen molar-refractivity contribution in [1.82, 2.24) is 10.2 Å². The number of hydrogen-bond acceptors (Lipinski definition) is 2. The van der Waals surface area contributed by atoms with Gasteiger partial charge in [-0.25, -0.2) is 0 Å². The van der Waals surface area contributed by atoms with Crippen molar-refractivity contribution in [3.63, 3.8) is 0 Å². The van der Waals surface area contributed by atoms with E-state index in [1.807, 2.05) is 43.3 Å². The summed E-state index contributed by atoms with van der Waals surface area (Å²) in [5.41, 5.74) is 1.82. The molecule has 1 N–H and O–H groups in total. The molecule has 0 aliphatic carbocycles. The maximum atomic E-state index is 12.8. The fourth-order valence-corrected chi connectivity index (χ4v) is 4.13. The molecule has 0 aromatic heterocycles. The number of benzene rings is 2. The van der Waals surface area contributed by atoms with E-state index in [-0.39, 0.29) is 23.8 Å². The molecule has 2 atom stereocenters. The van der Waals surface area contributed by atoms with Crippen molar-refractivity contribution in [3.8, 4) is 0 Å². The van der Waals surface area contributed by atoms with E-state index in [0.717, 1.165) is 24.0 Å². The predicted octanol–water partition coefficient (Wildman–Crippen LogP) is 4.65. The first-order valence-electron chi connectivity index (χ1n) is 9.51. The number of carbonyl (C=O) groups is 2. The number of amides is 2. The lowest BCUT2D eigenvalue weighted by Gasteiger charge is -2.33. The van der Waals surface area contributed by atoms with Crippen molar-refractivity contribution in [2.45, 2.75) is 32.2 Å². The molecule has 1 aliphatic heterocycles. The zero-order valence-corrected chi connectivity index (χ0v) is 17.3. The van der Waals surface area contributed by atoms with Gasteiger partial charge < -0.3 is 10.2 Å². The Balaban J connectivity index is 1.58. The fraction of sp³-hybridized carbons (Fsp3) is 0.364. The number of likely N-dealkylation sites (tertiary alicyclic amines) is 1. The summed E-state index contributed by atoms with van der Waals surface area (Å²) in [6, 6.07) is 14.7. The molecule has 1 heterocycles. The summed E-state index contributed by atoms with van der Waals surface area (Å²) in [5.74, 6) is -0.185. The maximum Gasteiger partial charge on any atom is 0.227 e. The summed E-state index contributed by atoms with van der Waals surface area (Å²) in [4.78, 5) is 27.2. The molecule has 0 spiro atoms. The lowest BCUT2D eigenvalue weighted by molar-refractivity contribution is -0.135. The molecule has 0 saturated carbocycles. The Bertz CT molecular complexity index is 842.